The summed E-state index contributed by atoms with van der Waals surface area (Å²) in [5.41, 5.74) is 1.75. The number of alkyl carbamates (subject to hydrolysis) is 1. The smallest absolute Gasteiger partial charge is 0.407 e. The van der Waals surface area contributed by atoms with Gasteiger partial charge in [-0.2, -0.15) is 0 Å². The lowest BCUT2D eigenvalue weighted by molar-refractivity contribution is 0.0479. The van der Waals surface area contributed by atoms with Gasteiger partial charge < -0.3 is 24.7 Å². The average molecular weight is 441 g/mol. The summed E-state index contributed by atoms with van der Waals surface area (Å²) in [7, 11) is 0. The lowest BCUT2D eigenvalue weighted by Gasteiger charge is -2.35. The Labute approximate surface area is 190 Å². The third-order valence-corrected chi connectivity index (χ3v) is 6.34. The van der Waals surface area contributed by atoms with Crippen LogP contribution in [0.4, 0.5) is 10.5 Å². The number of hydrogen-bond donors (Lipinski definition) is 2. The van der Waals surface area contributed by atoms with Gasteiger partial charge in [-0.15, -0.1) is 0 Å². The highest BCUT2D eigenvalue weighted by Crippen LogP contribution is 2.28. The van der Waals surface area contributed by atoms with E-state index in [1.165, 1.54) is 24.9 Å². The fourth-order valence-electron chi connectivity index (χ4n) is 4.84. The summed E-state index contributed by atoms with van der Waals surface area (Å²) in [5.74, 6) is 0.650. The molecule has 174 valence electrons. The van der Waals surface area contributed by atoms with Crippen molar-refractivity contribution in [2.75, 3.05) is 18.0 Å². The molecule has 0 bridgehead atoms. The zero-order valence-corrected chi connectivity index (χ0v) is 19.5. The molecule has 2 heterocycles. The van der Waals surface area contributed by atoms with Crippen molar-refractivity contribution in [1.29, 1.82) is 0 Å². The number of hydrogen-bond acceptors (Lipinski definition) is 6. The van der Waals surface area contributed by atoms with Gasteiger partial charge in [-0.1, -0.05) is 12.8 Å². The van der Waals surface area contributed by atoms with Crippen LogP contribution in [0.5, 0.6) is 0 Å². The number of amides is 1. The first-order valence-corrected chi connectivity index (χ1v) is 11.9. The van der Waals surface area contributed by atoms with Gasteiger partial charge in [-0.25, -0.2) is 9.78 Å². The molecule has 2 aliphatic rings. The lowest BCUT2D eigenvalue weighted by Crippen LogP contribution is -2.54. The standard InChI is InChI=1S/C25H36N4O3/c1-25(2,3)32-24(30)28-22-9-5-4-8-21(22)27-17-20-7-6-15-29(20)19-12-10-18(11-13-19)23-26-14-16-31-23/h10-14,16,20-22,27H,4-9,15,17H2,1-3H3,(H,28,30)/t20?,21-,22+/m0/s1. The number of benzene rings is 1. The van der Waals surface area contributed by atoms with Crippen LogP contribution in [0.25, 0.3) is 11.5 Å². The molecule has 1 aromatic heterocycles. The van der Waals surface area contributed by atoms with E-state index in [1.54, 1.807) is 12.5 Å². The van der Waals surface area contributed by atoms with Crippen molar-refractivity contribution in [2.45, 2.75) is 83.0 Å². The molecule has 7 nitrogen and oxygen atoms in total. The number of anilines is 1. The maximum absolute atomic E-state index is 12.3. The molecule has 1 saturated heterocycles. The number of rotatable bonds is 6. The van der Waals surface area contributed by atoms with Crippen LogP contribution in [0.3, 0.4) is 0 Å². The molecule has 7 heteroatoms. The van der Waals surface area contributed by atoms with Gasteiger partial charge in [0.25, 0.3) is 0 Å². The van der Waals surface area contributed by atoms with Crippen LogP contribution in [0.15, 0.2) is 41.1 Å². The summed E-state index contributed by atoms with van der Waals surface area (Å²) in [4.78, 5) is 19.0. The molecule has 1 unspecified atom stereocenters. The minimum atomic E-state index is -0.478. The fraction of sp³-hybridized carbons (Fsp3) is 0.600. The predicted molar refractivity (Wildman–Crippen MR) is 126 cm³/mol. The summed E-state index contributed by atoms with van der Waals surface area (Å²) in [6, 6.07) is 9.32. The summed E-state index contributed by atoms with van der Waals surface area (Å²) in [6.07, 6.45) is 9.73. The van der Waals surface area contributed by atoms with E-state index in [-0.39, 0.29) is 18.2 Å². The monoisotopic (exact) mass is 440 g/mol. The van der Waals surface area contributed by atoms with Crippen LogP contribution in [0, 0.1) is 0 Å². The van der Waals surface area contributed by atoms with E-state index in [4.69, 9.17) is 9.15 Å². The molecule has 2 aromatic rings. The Hall–Kier alpha value is -2.54. The summed E-state index contributed by atoms with van der Waals surface area (Å²) >= 11 is 0. The second-order valence-corrected chi connectivity index (χ2v) is 9.93. The first kappa shape index (κ1) is 22.6. The van der Waals surface area contributed by atoms with Crippen molar-refractivity contribution in [3.05, 3.63) is 36.7 Å². The molecule has 0 radical (unpaired) electrons. The van der Waals surface area contributed by atoms with Gasteiger partial charge in [-0.3, -0.25) is 0 Å². The first-order valence-electron chi connectivity index (χ1n) is 11.9. The van der Waals surface area contributed by atoms with E-state index in [9.17, 15) is 4.79 Å². The summed E-state index contributed by atoms with van der Waals surface area (Å²) < 4.78 is 10.9. The number of aromatic nitrogens is 1. The Morgan fingerprint density at radius 3 is 2.56 bits per heavy atom. The molecular weight excluding hydrogens is 404 g/mol. The topological polar surface area (TPSA) is 79.6 Å². The van der Waals surface area contributed by atoms with Crippen LogP contribution in [0.1, 0.15) is 59.3 Å². The Kier molecular flexibility index (Phi) is 7.04. The fourth-order valence-corrected chi connectivity index (χ4v) is 4.84. The van der Waals surface area contributed by atoms with Gasteiger partial charge in [0.05, 0.1) is 6.20 Å². The minimum absolute atomic E-state index is 0.119. The highest BCUT2D eigenvalue weighted by molar-refractivity contribution is 5.68. The van der Waals surface area contributed by atoms with Gasteiger partial charge in [0.1, 0.15) is 11.9 Å². The Morgan fingerprint density at radius 1 is 1.12 bits per heavy atom. The zero-order chi connectivity index (χ0) is 22.6. The Bertz CT molecular complexity index is 860. The molecular formula is C25H36N4O3. The van der Waals surface area contributed by atoms with Crippen molar-refractivity contribution < 1.29 is 13.9 Å². The van der Waals surface area contributed by atoms with Crippen molar-refractivity contribution >= 4 is 11.8 Å². The van der Waals surface area contributed by atoms with E-state index in [0.29, 0.717) is 11.9 Å². The van der Waals surface area contributed by atoms with Crippen LogP contribution in [-0.4, -0.2) is 47.9 Å². The van der Waals surface area contributed by atoms with E-state index >= 15 is 0 Å². The molecule has 4 rings (SSSR count). The van der Waals surface area contributed by atoms with Crippen LogP contribution in [0.2, 0.25) is 0 Å². The molecule has 1 aliphatic heterocycles. The SMILES string of the molecule is CC(C)(C)OC(=O)N[C@@H]1CCCC[C@@H]1NCC1CCCN1c1ccc(-c2ncco2)cc1. The first-order chi connectivity index (χ1) is 15.4. The third-order valence-electron chi connectivity index (χ3n) is 6.34. The third kappa shape index (κ3) is 5.82. The molecule has 2 N–H and O–H groups in total. The van der Waals surface area contributed by atoms with E-state index < -0.39 is 5.60 Å². The highest BCUT2D eigenvalue weighted by atomic mass is 16.6. The van der Waals surface area contributed by atoms with Gasteiger partial charge in [0.15, 0.2) is 0 Å². The summed E-state index contributed by atoms with van der Waals surface area (Å²) in [6.45, 7) is 7.67. The van der Waals surface area contributed by atoms with Crippen LogP contribution in [-0.2, 0) is 4.74 Å². The van der Waals surface area contributed by atoms with E-state index in [1.807, 2.05) is 20.8 Å². The molecule has 3 atom stereocenters. The quantitative estimate of drug-likeness (QED) is 0.676. The second-order valence-electron chi connectivity index (χ2n) is 9.93. The summed E-state index contributed by atoms with van der Waals surface area (Å²) in [5, 5.41) is 6.89. The molecule has 1 aliphatic carbocycles. The molecule has 2 fully saturated rings. The van der Waals surface area contributed by atoms with Crippen LogP contribution < -0.4 is 15.5 Å². The Balaban J connectivity index is 1.34. The lowest BCUT2D eigenvalue weighted by atomic mass is 9.90. The number of ether oxygens (including phenoxy) is 1. The van der Waals surface area contributed by atoms with Gasteiger partial charge in [0, 0.05) is 42.5 Å². The van der Waals surface area contributed by atoms with Crippen molar-refractivity contribution in [3.8, 4) is 11.5 Å². The molecule has 1 amide bonds. The van der Waals surface area contributed by atoms with Gasteiger partial charge >= 0.3 is 6.09 Å². The largest absolute Gasteiger partial charge is 0.445 e. The number of carbonyl (C=O) groups is 1. The highest BCUT2D eigenvalue weighted by Gasteiger charge is 2.31. The number of carbonyl (C=O) groups excluding carboxylic acids is 1. The number of nitrogens with zero attached hydrogens (tertiary/aromatic N) is 2. The molecule has 0 spiro atoms. The van der Waals surface area contributed by atoms with E-state index in [0.717, 1.165) is 37.9 Å². The maximum atomic E-state index is 12.3. The molecule has 1 aromatic carbocycles. The van der Waals surface area contributed by atoms with Crippen molar-refractivity contribution in [1.82, 2.24) is 15.6 Å². The number of nitrogens with one attached hydrogen (secondary N) is 2. The maximum Gasteiger partial charge on any atom is 0.407 e. The van der Waals surface area contributed by atoms with Crippen molar-refractivity contribution in [2.24, 2.45) is 0 Å². The molecule has 1 saturated carbocycles. The Morgan fingerprint density at radius 2 is 1.88 bits per heavy atom. The average Bonchev–Trinajstić information content (AvgIpc) is 3.44. The van der Waals surface area contributed by atoms with Gasteiger partial charge in [-0.05, 0) is 70.7 Å². The zero-order valence-electron chi connectivity index (χ0n) is 19.5. The second kappa shape index (κ2) is 9.94. The predicted octanol–water partition coefficient (Wildman–Crippen LogP) is 4.74. The van der Waals surface area contributed by atoms with Crippen molar-refractivity contribution in [3.63, 3.8) is 0 Å². The molecule has 32 heavy (non-hydrogen) atoms. The van der Waals surface area contributed by atoms with Crippen LogP contribution >= 0.6 is 0 Å². The number of oxazole rings is 1. The van der Waals surface area contributed by atoms with E-state index in [2.05, 4.69) is 44.8 Å². The normalized spacial score (nSPS) is 23.8. The van der Waals surface area contributed by atoms with Gasteiger partial charge in [0.2, 0.25) is 5.89 Å². The minimum Gasteiger partial charge on any atom is -0.445 e.